The van der Waals surface area contributed by atoms with Crippen molar-refractivity contribution in [3.05, 3.63) is 30.1 Å². The maximum atomic E-state index is 9.09. The Kier molecular flexibility index (Phi) is 2.61. The van der Waals surface area contributed by atoms with Gasteiger partial charge < -0.3 is 14.4 Å². The highest BCUT2D eigenvalue weighted by Gasteiger charge is 2.26. The molecule has 0 saturated carbocycles. The van der Waals surface area contributed by atoms with Crippen molar-refractivity contribution in [1.82, 2.24) is 9.55 Å². The Morgan fingerprint density at radius 3 is 3.12 bits per heavy atom. The number of benzene rings is 1. The number of aliphatic hydroxyl groups is 1. The van der Waals surface area contributed by atoms with Gasteiger partial charge in [-0.05, 0) is 31.4 Å². The van der Waals surface area contributed by atoms with Crippen molar-refractivity contribution < 1.29 is 9.84 Å². The lowest BCUT2D eigenvalue weighted by atomic mass is 10.2. The molecule has 1 aromatic heterocycles. The van der Waals surface area contributed by atoms with Gasteiger partial charge in [-0.25, -0.2) is 4.98 Å². The molecule has 17 heavy (non-hydrogen) atoms. The normalized spacial score (nSPS) is 24.6. The molecule has 0 amide bonds. The van der Waals surface area contributed by atoms with Gasteiger partial charge in [-0.15, -0.1) is 0 Å². The molecular formula is C13H16N2O2. The fourth-order valence-corrected chi connectivity index (χ4v) is 2.46. The molecule has 0 bridgehead atoms. The first kappa shape index (κ1) is 10.7. The van der Waals surface area contributed by atoms with Crippen LogP contribution in [0.25, 0.3) is 11.0 Å². The average Bonchev–Trinajstić information content (AvgIpc) is 2.94. The molecule has 0 spiro atoms. The summed E-state index contributed by atoms with van der Waals surface area (Å²) in [6.07, 6.45) is 3.67. The third kappa shape index (κ3) is 1.73. The smallest absolute Gasteiger partial charge is 0.135 e. The van der Waals surface area contributed by atoms with Crippen molar-refractivity contribution in [3.8, 4) is 0 Å². The van der Waals surface area contributed by atoms with Crippen molar-refractivity contribution in [1.29, 1.82) is 0 Å². The third-order valence-corrected chi connectivity index (χ3v) is 3.40. The summed E-state index contributed by atoms with van der Waals surface area (Å²) in [6, 6.07) is 6.16. The molecule has 0 unspecified atom stereocenters. The van der Waals surface area contributed by atoms with Crippen molar-refractivity contribution >= 4 is 11.0 Å². The van der Waals surface area contributed by atoms with Gasteiger partial charge in [-0.1, -0.05) is 12.1 Å². The quantitative estimate of drug-likeness (QED) is 0.861. The molecule has 4 nitrogen and oxygen atoms in total. The molecule has 1 saturated heterocycles. The lowest BCUT2D eigenvalue weighted by molar-refractivity contribution is -0.0204. The zero-order chi connectivity index (χ0) is 11.8. The van der Waals surface area contributed by atoms with Gasteiger partial charge in [0.1, 0.15) is 6.23 Å². The minimum absolute atomic E-state index is 0.0129. The second kappa shape index (κ2) is 4.13. The summed E-state index contributed by atoms with van der Waals surface area (Å²) in [7, 11) is 0. The molecule has 0 aliphatic carbocycles. The number of aromatic nitrogens is 2. The highest BCUT2D eigenvalue weighted by atomic mass is 16.5. The summed E-state index contributed by atoms with van der Waals surface area (Å²) < 4.78 is 7.84. The van der Waals surface area contributed by atoms with Crippen molar-refractivity contribution in [2.24, 2.45) is 0 Å². The van der Waals surface area contributed by atoms with Crippen LogP contribution in [0.15, 0.2) is 24.5 Å². The second-order valence-electron chi connectivity index (χ2n) is 4.57. The predicted octanol–water partition coefficient (Wildman–Crippen LogP) is 2.01. The van der Waals surface area contributed by atoms with E-state index in [1.54, 1.807) is 0 Å². The standard InChI is InChI=1S/C13H16N2O2/c1-9-3-2-4-11-13(9)14-8-15(11)12-6-5-10(7-16)17-12/h2-4,8,10,12,16H,5-7H2,1H3/t10-,12-/m0/s1. The summed E-state index contributed by atoms with van der Waals surface area (Å²) in [5.74, 6) is 0. The van der Waals surface area contributed by atoms with E-state index >= 15 is 0 Å². The molecule has 1 aliphatic heterocycles. The lowest BCUT2D eigenvalue weighted by Gasteiger charge is -2.14. The van der Waals surface area contributed by atoms with Crippen molar-refractivity contribution in [3.63, 3.8) is 0 Å². The van der Waals surface area contributed by atoms with Gasteiger partial charge in [0.25, 0.3) is 0 Å². The fraction of sp³-hybridized carbons (Fsp3) is 0.462. The minimum atomic E-state index is -0.0257. The van der Waals surface area contributed by atoms with Crippen molar-refractivity contribution in [2.75, 3.05) is 6.61 Å². The Morgan fingerprint density at radius 2 is 2.35 bits per heavy atom. The zero-order valence-electron chi connectivity index (χ0n) is 9.84. The number of ether oxygens (including phenoxy) is 1. The summed E-state index contributed by atoms with van der Waals surface area (Å²) in [5, 5.41) is 9.09. The van der Waals surface area contributed by atoms with Crippen LogP contribution in [-0.2, 0) is 4.74 Å². The molecule has 90 valence electrons. The van der Waals surface area contributed by atoms with Crippen LogP contribution in [0.4, 0.5) is 0 Å². The lowest BCUT2D eigenvalue weighted by Crippen LogP contribution is -2.13. The molecule has 3 rings (SSSR count). The molecular weight excluding hydrogens is 216 g/mol. The van der Waals surface area contributed by atoms with Crippen LogP contribution in [0.2, 0.25) is 0 Å². The van der Waals surface area contributed by atoms with Gasteiger partial charge >= 0.3 is 0 Å². The maximum Gasteiger partial charge on any atom is 0.135 e. The molecule has 1 fully saturated rings. The van der Waals surface area contributed by atoms with E-state index in [1.807, 2.05) is 12.4 Å². The van der Waals surface area contributed by atoms with Crippen LogP contribution in [-0.4, -0.2) is 27.4 Å². The number of imidazole rings is 1. The van der Waals surface area contributed by atoms with Gasteiger partial charge in [-0.3, -0.25) is 0 Å². The van der Waals surface area contributed by atoms with E-state index in [4.69, 9.17) is 9.84 Å². The van der Waals surface area contributed by atoms with E-state index in [2.05, 4.69) is 28.6 Å². The van der Waals surface area contributed by atoms with E-state index in [1.165, 1.54) is 5.56 Å². The monoisotopic (exact) mass is 232 g/mol. The SMILES string of the molecule is Cc1cccc2c1ncn2[C@@H]1CC[C@@H](CO)O1. The Hall–Kier alpha value is -1.39. The zero-order valence-corrected chi connectivity index (χ0v) is 9.84. The maximum absolute atomic E-state index is 9.09. The van der Waals surface area contributed by atoms with Crippen molar-refractivity contribution in [2.45, 2.75) is 32.1 Å². The number of fused-ring (bicyclic) bond motifs is 1. The Balaban J connectivity index is 1.99. The topological polar surface area (TPSA) is 47.3 Å². The van der Waals surface area contributed by atoms with Gasteiger partial charge in [-0.2, -0.15) is 0 Å². The first-order chi connectivity index (χ1) is 8.29. The number of para-hydroxylation sites is 1. The van der Waals surface area contributed by atoms with Gasteiger partial charge in [0, 0.05) is 0 Å². The first-order valence-corrected chi connectivity index (χ1v) is 5.98. The number of hydrogen-bond donors (Lipinski definition) is 1. The average molecular weight is 232 g/mol. The molecule has 2 heterocycles. The molecule has 2 aromatic rings. The van der Waals surface area contributed by atoms with Gasteiger partial charge in [0.2, 0.25) is 0 Å². The van der Waals surface area contributed by atoms with E-state index in [0.29, 0.717) is 0 Å². The number of nitrogens with zero attached hydrogens (tertiary/aromatic N) is 2. The van der Waals surface area contributed by atoms with Crippen LogP contribution in [0.3, 0.4) is 0 Å². The molecule has 0 radical (unpaired) electrons. The summed E-state index contributed by atoms with van der Waals surface area (Å²) >= 11 is 0. The van der Waals surface area contributed by atoms with Crippen LogP contribution in [0, 0.1) is 6.92 Å². The Labute approximate surface area is 99.8 Å². The Bertz CT molecular complexity index is 535. The molecule has 1 N–H and O–H groups in total. The number of aryl methyl sites for hydroxylation is 1. The Morgan fingerprint density at radius 1 is 1.47 bits per heavy atom. The number of rotatable bonds is 2. The minimum Gasteiger partial charge on any atom is -0.394 e. The molecule has 1 aromatic carbocycles. The molecule has 2 atom stereocenters. The van der Waals surface area contributed by atoms with E-state index < -0.39 is 0 Å². The van der Waals surface area contributed by atoms with Gasteiger partial charge in [0.15, 0.2) is 0 Å². The van der Waals surface area contributed by atoms with E-state index in [9.17, 15) is 0 Å². The summed E-state index contributed by atoms with van der Waals surface area (Å²) in [4.78, 5) is 4.43. The van der Waals surface area contributed by atoms with Crippen LogP contribution in [0.5, 0.6) is 0 Å². The van der Waals surface area contributed by atoms with Crippen LogP contribution < -0.4 is 0 Å². The van der Waals surface area contributed by atoms with Crippen LogP contribution >= 0.6 is 0 Å². The third-order valence-electron chi connectivity index (χ3n) is 3.40. The van der Waals surface area contributed by atoms with Gasteiger partial charge in [0.05, 0.1) is 30.1 Å². The van der Waals surface area contributed by atoms with E-state index in [-0.39, 0.29) is 18.9 Å². The number of hydrogen-bond acceptors (Lipinski definition) is 3. The largest absolute Gasteiger partial charge is 0.394 e. The second-order valence-corrected chi connectivity index (χ2v) is 4.57. The fourth-order valence-electron chi connectivity index (χ4n) is 2.46. The summed E-state index contributed by atoms with van der Waals surface area (Å²) in [6.45, 7) is 2.16. The highest BCUT2D eigenvalue weighted by molar-refractivity contribution is 5.78. The summed E-state index contributed by atoms with van der Waals surface area (Å²) in [5.41, 5.74) is 3.31. The molecule has 1 aliphatic rings. The predicted molar refractivity (Wildman–Crippen MR) is 64.7 cm³/mol. The number of aliphatic hydroxyl groups excluding tert-OH is 1. The first-order valence-electron chi connectivity index (χ1n) is 5.98. The highest BCUT2D eigenvalue weighted by Crippen LogP contribution is 2.31. The van der Waals surface area contributed by atoms with E-state index in [0.717, 1.165) is 23.9 Å². The van der Waals surface area contributed by atoms with Crippen LogP contribution in [0.1, 0.15) is 24.6 Å². The molecule has 4 heteroatoms.